The number of piperazine rings is 1. The number of ketones is 1. The van der Waals surface area contributed by atoms with Gasteiger partial charge in [-0.25, -0.2) is 0 Å². The minimum atomic E-state index is -0.0913. The SMILES string of the molecule is COc1ccc(C(=O)C(C)N2CCN(C)C(C)(C)C2)cc1. The maximum Gasteiger partial charge on any atom is 0.179 e. The number of ether oxygens (including phenoxy) is 1. The van der Waals surface area contributed by atoms with E-state index in [0.29, 0.717) is 0 Å². The topological polar surface area (TPSA) is 32.8 Å². The molecule has 0 amide bonds. The molecule has 21 heavy (non-hydrogen) atoms. The van der Waals surface area contributed by atoms with Gasteiger partial charge in [0.25, 0.3) is 0 Å². The summed E-state index contributed by atoms with van der Waals surface area (Å²) in [7, 11) is 3.78. The number of carbonyl (C=O) groups is 1. The number of carbonyl (C=O) groups excluding carboxylic acids is 1. The van der Waals surface area contributed by atoms with Crippen LogP contribution < -0.4 is 4.74 Å². The summed E-state index contributed by atoms with van der Waals surface area (Å²) in [4.78, 5) is 17.3. The normalized spacial score (nSPS) is 21.0. The zero-order valence-electron chi connectivity index (χ0n) is 13.7. The van der Waals surface area contributed by atoms with E-state index in [0.717, 1.165) is 30.9 Å². The molecule has 4 nitrogen and oxygen atoms in total. The average Bonchev–Trinajstić information content (AvgIpc) is 2.48. The predicted molar refractivity (Wildman–Crippen MR) is 85.1 cm³/mol. The summed E-state index contributed by atoms with van der Waals surface area (Å²) in [5.41, 5.74) is 0.854. The fraction of sp³-hybridized carbons (Fsp3) is 0.588. The average molecular weight is 290 g/mol. The molecule has 1 aliphatic heterocycles. The highest BCUT2D eigenvalue weighted by molar-refractivity contribution is 5.99. The molecule has 1 unspecified atom stereocenters. The van der Waals surface area contributed by atoms with Crippen molar-refractivity contribution in [2.75, 3.05) is 33.8 Å². The van der Waals surface area contributed by atoms with Gasteiger partial charge in [-0.2, -0.15) is 0 Å². The molecule has 1 saturated heterocycles. The Labute approximate surface area is 127 Å². The summed E-state index contributed by atoms with van der Waals surface area (Å²) in [6.45, 7) is 9.30. The van der Waals surface area contributed by atoms with E-state index in [1.165, 1.54) is 0 Å². The molecule has 1 aliphatic rings. The zero-order valence-corrected chi connectivity index (χ0v) is 13.7. The van der Waals surface area contributed by atoms with Crippen LogP contribution in [0.4, 0.5) is 0 Å². The van der Waals surface area contributed by atoms with Crippen LogP contribution in [0.15, 0.2) is 24.3 Å². The Bertz CT molecular complexity index is 496. The van der Waals surface area contributed by atoms with Crippen LogP contribution in [0.3, 0.4) is 0 Å². The highest BCUT2D eigenvalue weighted by Crippen LogP contribution is 2.22. The molecule has 0 N–H and O–H groups in total. The van der Waals surface area contributed by atoms with Gasteiger partial charge in [-0.1, -0.05) is 0 Å². The van der Waals surface area contributed by atoms with Crippen molar-refractivity contribution in [2.24, 2.45) is 0 Å². The van der Waals surface area contributed by atoms with Crippen molar-refractivity contribution in [3.05, 3.63) is 29.8 Å². The number of rotatable bonds is 4. The van der Waals surface area contributed by atoms with E-state index in [1.54, 1.807) is 7.11 Å². The van der Waals surface area contributed by atoms with E-state index < -0.39 is 0 Å². The molecule has 0 saturated carbocycles. The van der Waals surface area contributed by atoms with E-state index in [9.17, 15) is 4.79 Å². The van der Waals surface area contributed by atoms with Gasteiger partial charge in [0.15, 0.2) is 5.78 Å². The molecule has 116 valence electrons. The second-order valence-electron chi connectivity index (χ2n) is 6.47. The molecule has 0 spiro atoms. The van der Waals surface area contributed by atoms with Gasteiger partial charge in [-0.3, -0.25) is 14.6 Å². The summed E-state index contributed by atoms with van der Waals surface area (Å²) in [5.74, 6) is 0.956. The van der Waals surface area contributed by atoms with Gasteiger partial charge in [0.1, 0.15) is 5.75 Å². The Kier molecular flexibility index (Phi) is 4.69. The van der Waals surface area contributed by atoms with E-state index >= 15 is 0 Å². The van der Waals surface area contributed by atoms with Crippen molar-refractivity contribution in [1.82, 2.24) is 9.80 Å². The molecule has 0 aliphatic carbocycles. The van der Waals surface area contributed by atoms with Gasteiger partial charge in [-0.15, -0.1) is 0 Å². The van der Waals surface area contributed by atoms with Gasteiger partial charge in [-0.05, 0) is 52.1 Å². The number of hydrogen-bond donors (Lipinski definition) is 0. The van der Waals surface area contributed by atoms with Crippen molar-refractivity contribution in [1.29, 1.82) is 0 Å². The first-order valence-electron chi connectivity index (χ1n) is 7.49. The van der Waals surface area contributed by atoms with Crippen LogP contribution in [-0.2, 0) is 0 Å². The Morgan fingerprint density at radius 1 is 1.24 bits per heavy atom. The Morgan fingerprint density at radius 2 is 1.86 bits per heavy atom. The van der Waals surface area contributed by atoms with Crippen LogP contribution in [0.5, 0.6) is 5.75 Å². The lowest BCUT2D eigenvalue weighted by Gasteiger charge is -2.47. The second kappa shape index (κ2) is 6.16. The van der Waals surface area contributed by atoms with Gasteiger partial charge in [0.05, 0.1) is 13.2 Å². The maximum absolute atomic E-state index is 12.6. The van der Waals surface area contributed by atoms with Crippen LogP contribution in [0.25, 0.3) is 0 Å². The fourth-order valence-corrected chi connectivity index (χ4v) is 2.77. The summed E-state index contributed by atoms with van der Waals surface area (Å²) < 4.78 is 5.14. The molecular weight excluding hydrogens is 264 g/mol. The minimum Gasteiger partial charge on any atom is -0.497 e. The molecule has 4 heteroatoms. The lowest BCUT2D eigenvalue weighted by molar-refractivity contribution is 0.0212. The second-order valence-corrected chi connectivity index (χ2v) is 6.47. The summed E-state index contributed by atoms with van der Waals surface area (Å²) in [5, 5.41) is 0. The van der Waals surface area contributed by atoms with E-state index in [2.05, 4.69) is 30.7 Å². The molecule has 0 aromatic heterocycles. The largest absolute Gasteiger partial charge is 0.497 e. The van der Waals surface area contributed by atoms with Crippen molar-refractivity contribution in [3.8, 4) is 5.75 Å². The molecule has 2 rings (SSSR count). The summed E-state index contributed by atoms with van der Waals surface area (Å²) in [6, 6.07) is 7.28. The van der Waals surface area contributed by atoms with E-state index in [-0.39, 0.29) is 17.4 Å². The maximum atomic E-state index is 12.6. The molecule has 1 heterocycles. The molecule has 0 bridgehead atoms. The van der Waals surface area contributed by atoms with Crippen LogP contribution in [0.1, 0.15) is 31.1 Å². The number of likely N-dealkylation sites (N-methyl/N-ethyl adjacent to an activating group) is 1. The van der Waals surface area contributed by atoms with Crippen molar-refractivity contribution < 1.29 is 9.53 Å². The summed E-state index contributed by atoms with van der Waals surface area (Å²) in [6.07, 6.45) is 0. The molecular formula is C17H26N2O2. The van der Waals surface area contributed by atoms with Gasteiger partial charge in [0, 0.05) is 30.7 Å². The monoisotopic (exact) mass is 290 g/mol. The fourth-order valence-electron chi connectivity index (χ4n) is 2.77. The molecule has 0 radical (unpaired) electrons. The van der Waals surface area contributed by atoms with Crippen LogP contribution >= 0.6 is 0 Å². The first-order valence-corrected chi connectivity index (χ1v) is 7.49. The van der Waals surface area contributed by atoms with Crippen molar-refractivity contribution in [3.63, 3.8) is 0 Å². The van der Waals surface area contributed by atoms with Crippen LogP contribution in [0.2, 0.25) is 0 Å². The first-order chi connectivity index (χ1) is 9.85. The van der Waals surface area contributed by atoms with Gasteiger partial charge < -0.3 is 4.74 Å². The highest BCUT2D eigenvalue weighted by Gasteiger charge is 2.34. The van der Waals surface area contributed by atoms with E-state index in [4.69, 9.17) is 4.74 Å². The Morgan fingerprint density at radius 3 is 2.38 bits per heavy atom. The minimum absolute atomic E-state index is 0.0913. The third kappa shape index (κ3) is 3.44. The standard InChI is InChI=1S/C17H26N2O2/c1-13(19-11-10-18(4)17(2,3)12-19)16(20)14-6-8-15(21-5)9-7-14/h6-9,13H,10-12H2,1-5H3. The predicted octanol–water partition coefficient (Wildman–Crippen LogP) is 2.29. The van der Waals surface area contributed by atoms with E-state index in [1.807, 2.05) is 31.2 Å². The third-order valence-electron chi connectivity index (χ3n) is 4.65. The number of hydrogen-bond acceptors (Lipinski definition) is 4. The van der Waals surface area contributed by atoms with Crippen molar-refractivity contribution >= 4 is 5.78 Å². The third-order valence-corrected chi connectivity index (χ3v) is 4.65. The number of benzene rings is 1. The first kappa shape index (κ1) is 16.0. The lowest BCUT2D eigenvalue weighted by Crippen LogP contribution is -2.60. The molecule has 1 aromatic carbocycles. The molecule has 1 atom stereocenters. The highest BCUT2D eigenvalue weighted by atomic mass is 16.5. The number of methoxy groups -OCH3 is 1. The van der Waals surface area contributed by atoms with Gasteiger partial charge >= 0.3 is 0 Å². The molecule has 1 aromatic rings. The quantitative estimate of drug-likeness (QED) is 0.797. The van der Waals surface area contributed by atoms with Crippen molar-refractivity contribution in [2.45, 2.75) is 32.4 Å². The Balaban J connectivity index is 2.08. The molecule has 1 fully saturated rings. The Hall–Kier alpha value is -1.39. The van der Waals surface area contributed by atoms with Crippen LogP contribution in [0, 0.1) is 0 Å². The van der Waals surface area contributed by atoms with Gasteiger partial charge in [0.2, 0.25) is 0 Å². The smallest absolute Gasteiger partial charge is 0.179 e. The number of Topliss-reactive ketones (excluding diaryl/α,β-unsaturated/α-hetero) is 1. The lowest BCUT2D eigenvalue weighted by atomic mass is 9.96. The zero-order chi connectivity index (χ0) is 15.6. The summed E-state index contributed by atoms with van der Waals surface area (Å²) >= 11 is 0. The number of nitrogens with zero attached hydrogens (tertiary/aromatic N) is 2. The van der Waals surface area contributed by atoms with Crippen LogP contribution in [-0.4, -0.2) is 61.0 Å².